The molecule has 0 amide bonds. The van der Waals surface area contributed by atoms with E-state index in [1.807, 2.05) is 6.08 Å². The first-order chi connectivity index (χ1) is 40.7. The van der Waals surface area contributed by atoms with Gasteiger partial charge in [0.05, 0.1) is 17.8 Å². The van der Waals surface area contributed by atoms with Crippen molar-refractivity contribution in [3.05, 3.63) is 212 Å². The van der Waals surface area contributed by atoms with Crippen molar-refractivity contribution in [2.24, 2.45) is 53.3 Å². The average Bonchev–Trinajstić information content (AvgIpc) is 1.41. The van der Waals surface area contributed by atoms with Crippen LogP contribution in [-0.4, -0.2) is 132 Å². The Kier molecular flexibility index (Phi) is 5.58. The number of aliphatic hydroxyl groups is 6. The van der Waals surface area contributed by atoms with Crippen LogP contribution in [0.1, 0.15) is 40.7 Å². The summed E-state index contributed by atoms with van der Waals surface area (Å²) >= 11 is 0. The van der Waals surface area contributed by atoms with Gasteiger partial charge >= 0.3 is 23.9 Å². The van der Waals surface area contributed by atoms with Crippen LogP contribution in [-0.2, 0) is 49.3 Å². The van der Waals surface area contributed by atoms with Crippen LogP contribution in [0, 0.1) is 53.3 Å². The SMILES string of the molecule is O=C(O)C1=CC2=Cc3cc4c5c6c3[C@]37O[C@]23C2=C1C=CC1=CC3=C(C(=O)O)C(O)=C8C=C9C=C%10C(C(=O)O)=C%11C=CC%12=CC=C%13CC%14C(C(=O)O)=CC(=C4O)C4C%14[C@@]%14(O)C%13(O)C%12C%11[C@]%11%12O[C@]%14%11COC54CC4=C6[C@@H]5C7[C@@](O)(C3[C@H]8[C@@]53O[C@@]93C4=C%10%12)[C@@]12O. The van der Waals surface area contributed by atoms with Crippen molar-refractivity contribution in [2.75, 3.05) is 6.61 Å². The van der Waals surface area contributed by atoms with Crippen LogP contribution in [0.25, 0.3) is 17.4 Å². The lowest BCUT2D eigenvalue weighted by molar-refractivity contribution is -0.257. The molecule has 4 saturated carbocycles. The molecule has 18 nitrogen and oxygen atoms in total. The molecule has 85 heavy (non-hydrogen) atoms. The van der Waals surface area contributed by atoms with Crippen molar-refractivity contribution < 1.29 is 89.2 Å². The molecule has 0 aromatic heterocycles. The number of aliphatic hydroxyl groups excluding tert-OH is 2. The second kappa shape index (κ2) is 10.9. The summed E-state index contributed by atoms with van der Waals surface area (Å²) in [7, 11) is 0. The predicted octanol–water partition coefficient (Wildman–Crippen LogP) is 3.75. The number of hydrogen-bond donors (Lipinski definition) is 10. The highest BCUT2D eigenvalue weighted by molar-refractivity contribution is 6.07. The van der Waals surface area contributed by atoms with Crippen molar-refractivity contribution >= 4 is 41.3 Å². The standard InChI is InChI=1S/C67H38O18/c68-49-30-8-18-7-21-11-26(53(70)71)23-6-4-20-10-29-36(56(76)77)50(69)31-13-22-12-28-34(55(74)75)24-5-2-17-1-3-19-9-25-27(54(72)73)14-32(49)41-47(25)67(81)58-16-82-57(41)15-33-35-37(40(30)57)38(18)66-52-48(35)65(45(31)42(29)61(52,80)60(20,79)51(23)63(21,66)85-66)62(22,84-65)46(33)44(28)64(58,83-58)43(24)39(17)59(19,67)78/h1-8,10-14,25,39,41-43,45,47-48,52,68-69,78-81H,9,15-16H2,(H,70,71)(H,72,73)(H,74,75)(H,76,77)/t25?,39?,41?,42?,43?,45-,47?,48+,52?,57?,58-,59?,60+,61-,62+,63-,64+,65+,66+,67-/m0/s1. The second-order valence-electron chi connectivity index (χ2n) is 28.5. The molecular formula is C67H38O18. The molecule has 0 radical (unpaired) electrons. The summed E-state index contributed by atoms with van der Waals surface area (Å²) in [6, 6.07) is 1.78. The average molecular weight is 1130 g/mol. The summed E-state index contributed by atoms with van der Waals surface area (Å²) in [6.45, 7) is -0.410. The molecule has 8 fully saturated rings. The van der Waals surface area contributed by atoms with Gasteiger partial charge in [-0.05, 0) is 115 Å². The number of benzene rings is 1. The quantitative estimate of drug-likeness (QED) is 0.192. The lowest BCUT2D eigenvalue weighted by Gasteiger charge is -2.73. The minimum absolute atomic E-state index is 0.0168. The van der Waals surface area contributed by atoms with Crippen LogP contribution < -0.4 is 0 Å². The zero-order chi connectivity index (χ0) is 56.7. The van der Waals surface area contributed by atoms with Crippen LogP contribution in [0.3, 0.4) is 0 Å². The fourth-order valence-corrected chi connectivity index (χ4v) is 25.8. The molecule has 20 atom stereocenters. The Bertz CT molecular complexity index is 4960. The van der Waals surface area contributed by atoms with Gasteiger partial charge in [-0.15, -0.1) is 0 Å². The fourth-order valence-electron chi connectivity index (χ4n) is 25.8. The molecule has 25 rings (SSSR count). The number of carbonyl (C=O) groups is 4. The summed E-state index contributed by atoms with van der Waals surface area (Å²) in [4.78, 5) is 56.7. The number of hydrogen-bond acceptors (Lipinski definition) is 14. The van der Waals surface area contributed by atoms with Crippen LogP contribution in [0.15, 0.2) is 185 Å². The highest BCUT2D eigenvalue weighted by Gasteiger charge is 3.04. The molecule has 24 aliphatic rings. The first-order valence-electron chi connectivity index (χ1n) is 29.2. The number of ether oxygens (including phenoxy) is 4. The van der Waals surface area contributed by atoms with E-state index < -0.39 is 157 Å². The van der Waals surface area contributed by atoms with E-state index in [9.17, 15) is 60.0 Å². The van der Waals surface area contributed by atoms with E-state index >= 15 is 10.2 Å². The van der Waals surface area contributed by atoms with Crippen LogP contribution in [0.2, 0.25) is 0 Å². The molecule has 4 heterocycles. The summed E-state index contributed by atoms with van der Waals surface area (Å²) in [5.41, 5.74) is -15.7. The van der Waals surface area contributed by atoms with Gasteiger partial charge in [0.2, 0.25) is 0 Å². The maximum Gasteiger partial charge on any atom is 0.339 e. The molecule has 20 aliphatic carbocycles. The molecular weight excluding hydrogens is 1090 g/mol. The Labute approximate surface area is 475 Å². The van der Waals surface area contributed by atoms with Gasteiger partial charge in [-0.2, -0.15) is 0 Å². The first-order valence-corrected chi connectivity index (χ1v) is 29.2. The highest BCUT2D eigenvalue weighted by Crippen LogP contribution is 2.96. The zero-order valence-corrected chi connectivity index (χ0v) is 43.6. The minimum Gasteiger partial charge on any atom is -0.507 e. The Hall–Kier alpha value is -8.04. The van der Waals surface area contributed by atoms with E-state index in [-0.39, 0.29) is 79.9 Å². The van der Waals surface area contributed by atoms with Gasteiger partial charge in [0, 0.05) is 110 Å². The zero-order valence-electron chi connectivity index (χ0n) is 43.6. The molecule has 7 spiro atoms. The predicted molar refractivity (Wildman–Crippen MR) is 281 cm³/mol. The molecule has 18 heteroatoms. The third-order valence-electron chi connectivity index (χ3n) is 27.4. The van der Waals surface area contributed by atoms with Crippen molar-refractivity contribution in [3.63, 3.8) is 0 Å². The lowest BCUT2D eigenvalue weighted by atomic mass is 9.29. The molecule has 9 bridgehead atoms. The van der Waals surface area contributed by atoms with E-state index in [2.05, 4.69) is 0 Å². The minimum atomic E-state index is -2.51. The Morgan fingerprint density at radius 1 is 0.635 bits per heavy atom. The molecule has 10 N–H and O–H groups in total. The summed E-state index contributed by atoms with van der Waals surface area (Å²) in [5, 5.41) is 133. The van der Waals surface area contributed by atoms with E-state index in [0.29, 0.717) is 72.4 Å². The number of aliphatic carboxylic acids is 4. The van der Waals surface area contributed by atoms with Gasteiger partial charge in [-0.3, -0.25) is 0 Å². The van der Waals surface area contributed by atoms with Gasteiger partial charge in [0.15, 0.2) is 11.2 Å². The lowest BCUT2D eigenvalue weighted by Crippen LogP contribution is -2.83. The monoisotopic (exact) mass is 1130 g/mol. The smallest absolute Gasteiger partial charge is 0.339 e. The van der Waals surface area contributed by atoms with Gasteiger partial charge < -0.3 is 70.0 Å². The third kappa shape index (κ3) is 3.09. The van der Waals surface area contributed by atoms with E-state index in [1.54, 1.807) is 48.6 Å². The normalized spacial score (nSPS) is 52.2. The fraction of sp³-hybridized carbons (Fsp3) is 0.343. The van der Waals surface area contributed by atoms with Crippen molar-refractivity contribution in [3.8, 4) is 0 Å². The number of rotatable bonds is 4. The van der Waals surface area contributed by atoms with Crippen LogP contribution in [0.5, 0.6) is 0 Å². The number of carboxylic acid groups (broad SMARTS) is 4. The maximum absolute atomic E-state index is 15.4. The molecule has 414 valence electrons. The Balaban J connectivity index is 0.964. The largest absolute Gasteiger partial charge is 0.507 e. The van der Waals surface area contributed by atoms with Crippen molar-refractivity contribution in [1.82, 2.24) is 0 Å². The summed E-state index contributed by atoms with van der Waals surface area (Å²) in [5.74, 6) is -16.9. The third-order valence-corrected chi connectivity index (χ3v) is 27.4. The van der Waals surface area contributed by atoms with Crippen molar-refractivity contribution in [2.45, 2.75) is 74.5 Å². The highest BCUT2D eigenvalue weighted by atomic mass is 16.7. The van der Waals surface area contributed by atoms with E-state index in [4.69, 9.17) is 18.9 Å². The van der Waals surface area contributed by atoms with Crippen LogP contribution in [0.4, 0.5) is 0 Å². The van der Waals surface area contributed by atoms with E-state index in [1.165, 1.54) is 24.3 Å². The molecule has 1 aromatic rings. The number of allylic oxidation sites excluding steroid dienone is 8. The number of carboxylic acids is 4. The van der Waals surface area contributed by atoms with Gasteiger partial charge in [0.1, 0.15) is 67.5 Å². The molecule has 1 aromatic carbocycles. The number of epoxide rings is 3. The Morgan fingerprint density at radius 3 is 2.21 bits per heavy atom. The molecule has 4 saturated heterocycles. The molecule has 9 unspecified atom stereocenters. The molecule has 4 aliphatic heterocycles. The summed E-state index contributed by atoms with van der Waals surface area (Å²) < 4.78 is 31.7. The Morgan fingerprint density at radius 2 is 1.42 bits per heavy atom. The van der Waals surface area contributed by atoms with Crippen molar-refractivity contribution in [1.29, 1.82) is 0 Å². The summed E-state index contributed by atoms with van der Waals surface area (Å²) in [6.07, 6.45) is 19.8. The second-order valence-corrected chi connectivity index (χ2v) is 28.5. The van der Waals surface area contributed by atoms with Gasteiger partial charge in [-0.25, -0.2) is 19.2 Å². The van der Waals surface area contributed by atoms with Crippen LogP contribution >= 0.6 is 0 Å². The van der Waals surface area contributed by atoms with Gasteiger partial charge in [0.25, 0.3) is 0 Å². The maximum atomic E-state index is 15.4. The topological polar surface area (TPSA) is 317 Å². The van der Waals surface area contributed by atoms with Gasteiger partial charge in [-0.1, -0.05) is 42.5 Å². The van der Waals surface area contributed by atoms with E-state index in [0.717, 1.165) is 0 Å². The first kappa shape index (κ1) is 43.6.